The zero-order valence-corrected chi connectivity index (χ0v) is 24.5. The van der Waals surface area contributed by atoms with Crippen molar-refractivity contribution in [1.29, 1.82) is 0 Å². The van der Waals surface area contributed by atoms with Crippen molar-refractivity contribution in [3.05, 3.63) is 53.2 Å². The molecule has 0 spiro atoms. The molecule has 1 aromatic heterocycles. The third-order valence-corrected chi connectivity index (χ3v) is 10.5. The Bertz CT molecular complexity index is 1730. The highest BCUT2D eigenvalue weighted by Crippen LogP contribution is 2.46. The minimum absolute atomic E-state index is 0.0641. The molecule has 0 saturated carbocycles. The summed E-state index contributed by atoms with van der Waals surface area (Å²) in [6, 6.07) is 11.8. The first-order valence-corrected chi connectivity index (χ1v) is 15.9. The van der Waals surface area contributed by atoms with Crippen molar-refractivity contribution < 1.29 is 18.6 Å². The lowest BCUT2D eigenvalue weighted by Crippen LogP contribution is -2.52. The van der Waals surface area contributed by atoms with Crippen LogP contribution in [-0.2, 0) is 0 Å². The molecule has 2 bridgehead atoms. The van der Waals surface area contributed by atoms with Gasteiger partial charge in [0, 0.05) is 50.2 Å². The SMILES string of the molecule is Oc1cc(C2=C(F)c3nc(OC[C@@]45CCCN4C[C@H](F)C5)nc(N4C[C@H]5CC[C@@H](C4)N5)c3C3=NCCN32)c2ccccc2c1. The lowest BCUT2D eigenvalue weighted by atomic mass is 9.95. The number of phenolic OH excluding ortho intramolecular Hbond substituents is 1. The van der Waals surface area contributed by atoms with E-state index in [1.807, 2.05) is 29.2 Å². The molecule has 44 heavy (non-hydrogen) atoms. The predicted octanol–water partition coefficient (Wildman–Crippen LogP) is 4.10. The second kappa shape index (κ2) is 9.84. The summed E-state index contributed by atoms with van der Waals surface area (Å²) < 4.78 is 38.0. The first-order valence-electron chi connectivity index (χ1n) is 15.9. The van der Waals surface area contributed by atoms with Crippen molar-refractivity contribution in [2.45, 2.75) is 55.9 Å². The summed E-state index contributed by atoms with van der Waals surface area (Å²) in [5.41, 5.74) is 1.30. The Morgan fingerprint density at radius 3 is 2.77 bits per heavy atom. The van der Waals surface area contributed by atoms with E-state index in [1.54, 1.807) is 12.1 Å². The second-order valence-electron chi connectivity index (χ2n) is 13.2. The maximum absolute atomic E-state index is 17.2. The molecule has 0 aliphatic carbocycles. The number of aromatic nitrogens is 2. The molecule has 0 radical (unpaired) electrons. The van der Waals surface area contributed by atoms with E-state index in [0.717, 1.165) is 56.1 Å². The van der Waals surface area contributed by atoms with Crippen LogP contribution in [0.2, 0.25) is 0 Å². The van der Waals surface area contributed by atoms with E-state index in [2.05, 4.69) is 15.1 Å². The summed E-state index contributed by atoms with van der Waals surface area (Å²) in [7, 11) is 0. The Morgan fingerprint density at radius 1 is 1.07 bits per heavy atom. The van der Waals surface area contributed by atoms with Gasteiger partial charge < -0.3 is 25.0 Å². The molecule has 2 N–H and O–H groups in total. The Morgan fingerprint density at radius 2 is 1.91 bits per heavy atom. The van der Waals surface area contributed by atoms with Gasteiger partial charge in [-0.3, -0.25) is 9.89 Å². The Kier molecular flexibility index (Phi) is 5.94. The van der Waals surface area contributed by atoms with Crippen LogP contribution in [0.15, 0.2) is 41.4 Å². The number of piperazine rings is 1. The first-order chi connectivity index (χ1) is 21.5. The molecular formula is C33H35F2N7O2. The molecule has 7 heterocycles. The average molecular weight is 600 g/mol. The molecule has 4 atom stereocenters. The topological polar surface area (TPSA) is 89.4 Å². The summed E-state index contributed by atoms with van der Waals surface area (Å²) in [5, 5.41) is 16.0. The molecule has 0 unspecified atom stereocenters. The van der Waals surface area contributed by atoms with Gasteiger partial charge in [-0.15, -0.1) is 0 Å². The lowest BCUT2D eigenvalue weighted by molar-refractivity contribution is 0.107. The minimum atomic E-state index is -0.873. The van der Waals surface area contributed by atoms with Crippen molar-refractivity contribution in [3.8, 4) is 11.8 Å². The zero-order valence-electron chi connectivity index (χ0n) is 24.5. The van der Waals surface area contributed by atoms with Gasteiger partial charge in [0.1, 0.15) is 35.9 Å². The molecule has 0 amide bonds. The molecule has 6 aliphatic heterocycles. The first kappa shape index (κ1) is 26.6. The maximum Gasteiger partial charge on any atom is 0.319 e. The lowest BCUT2D eigenvalue weighted by Gasteiger charge is -2.37. The van der Waals surface area contributed by atoms with Gasteiger partial charge in [0.15, 0.2) is 5.83 Å². The fourth-order valence-electron chi connectivity index (χ4n) is 8.57. The molecule has 228 valence electrons. The van der Waals surface area contributed by atoms with Crippen molar-refractivity contribution in [3.63, 3.8) is 0 Å². The normalized spacial score (nSPS) is 29.3. The van der Waals surface area contributed by atoms with Crippen LogP contribution in [0.5, 0.6) is 11.8 Å². The van der Waals surface area contributed by atoms with Gasteiger partial charge in [0.05, 0.1) is 23.3 Å². The number of hydrogen-bond acceptors (Lipinski definition) is 9. The number of hydrogen-bond donors (Lipinski definition) is 2. The number of aliphatic imine (C=N–C) groups is 1. The van der Waals surface area contributed by atoms with E-state index in [-0.39, 0.29) is 29.6 Å². The van der Waals surface area contributed by atoms with Crippen LogP contribution in [0.3, 0.4) is 0 Å². The smallest absolute Gasteiger partial charge is 0.319 e. The number of nitrogens with zero attached hydrogens (tertiary/aromatic N) is 6. The highest BCUT2D eigenvalue weighted by Gasteiger charge is 2.50. The van der Waals surface area contributed by atoms with Gasteiger partial charge in [-0.05, 0) is 55.1 Å². The number of rotatable bonds is 5. The van der Waals surface area contributed by atoms with E-state index in [1.165, 1.54) is 0 Å². The summed E-state index contributed by atoms with van der Waals surface area (Å²) in [4.78, 5) is 20.9. The van der Waals surface area contributed by atoms with Crippen molar-refractivity contribution in [2.24, 2.45) is 4.99 Å². The fourth-order valence-corrected chi connectivity index (χ4v) is 8.57. The Balaban J connectivity index is 1.20. The van der Waals surface area contributed by atoms with Crippen LogP contribution in [0.25, 0.3) is 22.3 Å². The molecule has 4 fully saturated rings. The van der Waals surface area contributed by atoms with Crippen molar-refractivity contribution >= 4 is 33.9 Å². The molecule has 2 aromatic carbocycles. The molecule has 4 saturated heterocycles. The number of halogens is 2. The van der Waals surface area contributed by atoms with Crippen LogP contribution in [0.1, 0.15) is 48.9 Å². The highest BCUT2D eigenvalue weighted by atomic mass is 19.1. The number of amidine groups is 1. The number of ether oxygens (including phenoxy) is 1. The van der Waals surface area contributed by atoms with Gasteiger partial charge in [-0.25, -0.2) is 8.78 Å². The third-order valence-electron chi connectivity index (χ3n) is 10.5. The molecule has 9 nitrogen and oxygen atoms in total. The van der Waals surface area contributed by atoms with Crippen LogP contribution in [0, 0.1) is 0 Å². The second-order valence-corrected chi connectivity index (χ2v) is 13.2. The number of alkyl halides is 1. The monoisotopic (exact) mass is 599 g/mol. The van der Waals surface area contributed by atoms with Crippen LogP contribution >= 0.6 is 0 Å². The van der Waals surface area contributed by atoms with Gasteiger partial charge >= 0.3 is 6.01 Å². The molecule has 3 aromatic rings. The summed E-state index contributed by atoms with van der Waals surface area (Å²) in [5.74, 6) is 0.857. The number of phenols is 1. The summed E-state index contributed by atoms with van der Waals surface area (Å²) in [6.07, 6.45) is 3.61. The van der Waals surface area contributed by atoms with Gasteiger partial charge in [0.2, 0.25) is 0 Å². The standard InChI is InChI=1S/C33H35F2N7O2/c34-20-14-33(8-3-10-41(33)15-20)18-44-32-38-28-26(31(39-32)40-16-21-6-7-22(17-40)37-21)30-36-9-11-42(30)29(27(28)35)25-13-23(43)12-19-4-1-2-5-24(19)25/h1-2,4-5,12-13,20-22,37,43H,3,6-11,14-18H2/t20-,21-,22+,33+/m1/s1. The van der Waals surface area contributed by atoms with Gasteiger partial charge in [0.25, 0.3) is 0 Å². The molecule has 11 heteroatoms. The largest absolute Gasteiger partial charge is 0.508 e. The van der Waals surface area contributed by atoms with Crippen LogP contribution in [-0.4, -0.2) is 100 Å². The Labute approximate surface area is 254 Å². The number of nitrogens with one attached hydrogen (secondary N) is 1. The van der Waals surface area contributed by atoms with E-state index in [4.69, 9.17) is 19.7 Å². The minimum Gasteiger partial charge on any atom is -0.508 e. The van der Waals surface area contributed by atoms with E-state index in [0.29, 0.717) is 66.6 Å². The van der Waals surface area contributed by atoms with Gasteiger partial charge in [-0.2, -0.15) is 9.97 Å². The molecule has 6 aliphatic rings. The molecule has 9 rings (SSSR count). The fraction of sp³-hybridized carbons (Fsp3) is 0.485. The van der Waals surface area contributed by atoms with E-state index in [9.17, 15) is 9.50 Å². The van der Waals surface area contributed by atoms with Gasteiger partial charge in [-0.1, -0.05) is 24.3 Å². The van der Waals surface area contributed by atoms with Crippen LogP contribution < -0.4 is 15.0 Å². The predicted molar refractivity (Wildman–Crippen MR) is 164 cm³/mol. The third kappa shape index (κ3) is 4.05. The summed E-state index contributed by atoms with van der Waals surface area (Å²) >= 11 is 0. The zero-order chi connectivity index (χ0) is 29.6. The van der Waals surface area contributed by atoms with E-state index < -0.39 is 12.0 Å². The van der Waals surface area contributed by atoms with Crippen molar-refractivity contribution in [1.82, 2.24) is 25.1 Å². The molecular weight excluding hydrogens is 564 g/mol. The van der Waals surface area contributed by atoms with Crippen molar-refractivity contribution in [2.75, 3.05) is 50.8 Å². The van der Waals surface area contributed by atoms with E-state index >= 15 is 4.39 Å². The highest BCUT2D eigenvalue weighted by molar-refractivity contribution is 6.17. The van der Waals surface area contributed by atoms with Crippen LogP contribution in [0.4, 0.5) is 14.6 Å². The average Bonchev–Trinajstić information content (AvgIpc) is 3.79. The maximum atomic E-state index is 17.2. The Hall–Kier alpha value is -3.83. The number of benzene rings is 2. The quantitative estimate of drug-likeness (QED) is 0.454. The summed E-state index contributed by atoms with van der Waals surface area (Å²) in [6.45, 7) is 4.08. The number of aromatic hydroxyl groups is 1. The number of fused-ring (bicyclic) bond motifs is 7. The number of anilines is 1.